The molecule has 6 nitrogen and oxygen atoms in total. The van der Waals surface area contributed by atoms with Gasteiger partial charge in [-0.25, -0.2) is 4.39 Å². The fraction of sp³-hybridized carbons (Fsp3) is 0.182. The smallest absolute Gasteiger partial charge is 0.136 e. The highest BCUT2D eigenvalue weighted by Crippen LogP contribution is 2.30. The van der Waals surface area contributed by atoms with Crippen molar-refractivity contribution in [1.82, 2.24) is 15.6 Å². The molecule has 0 fully saturated rings. The van der Waals surface area contributed by atoms with Gasteiger partial charge >= 0.3 is 0 Å². The van der Waals surface area contributed by atoms with Gasteiger partial charge in [0.2, 0.25) is 0 Å². The predicted octanol–water partition coefficient (Wildman–Crippen LogP) is 4.02. The van der Waals surface area contributed by atoms with Crippen molar-refractivity contribution in [3.05, 3.63) is 70.4 Å². The summed E-state index contributed by atoms with van der Waals surface area (Å²) in [7, 11) is 3.47. The minimum Gasteiger partial charge on any atom is -0.324 e. The number of nitrogens with zero attached hydrogens (tertiary/aromatic N) is 4. The summed E-state index contributed by atoms with van der Waals surface area (Å²) >= 11 is 6.11. The summed E-state index contributed by atoms with van der Waals surface area (Å²) in [5, 5.41) is 6.66. The number of aromatic nitrogens is 1. The maximum Gasteiger partial charge on any atom is 0.136 e. The van der Waals surface area contributed by atoms with Crippen LogP contribution in [0.3, 0.4) is 0 Å². The maximum absolute atomic E-state index is 14.6. The fourth-order valence-corrected chi connectivity index (χ4v) is 3.28. The maximum atomic E-state index is 14.6. The van der Waals surface area contributed by atoms with E-state index in [9.17, 15) is 4.39 Å². The Hall–Kier alpha value is -3.16. The van der Waals surface area contributed by atoms with Crippen LogP contribution in [0.5, 0.6) is 0 Å². The lowest BCUT2D eigenvalue weighted by molar-refractivity contribution is 0.628. The van der Waals surface area contributed by atoms with E-state index in [1.54, 1.807) is 32.6 Å². The fourth-order valence-electron chi connectivity index (χ4n) is 3.13. The molecule has 30 heavy (non-hydrogen) atoms. The largest absolute Gasteiger partial charge is 0.324 e. The molecular weight excluding hydrogens is 403 g/mol. The van der Waals surface area contributed by atoms with Gasteiger partial charge in [0.1, 0.15) is 17.5 Å². The van der Waals surface area contributed by atoms with Crippen molar-refractivity contribution in [2.75, 3.05) is 20.8 Å². The van der Waals surface area contributed by atoms with Crippen molar-refractivity contribution in [1.29, 1.82) is 0 Å². The Balaban J connectivity index is 2.16. The third-order valence-corrected chi connectivity index (χ3v) is 4.69. The summed E-state index contributed by atoms with van der Waals surface area (Å²) in [4.78, 5) is 16.9. The SMILES string of the molecule is C=N/C=C1/C=C(c2cc(F)cc(-c3cc(Cl)cnc3C)c2)C(=NC)N/C1=N/CNC. The minimum absolute atomic E-state index is 0.375. The van der Waals surface area contributed by atoms with E-state index < -0.39 is 0 Å². The second-order valence-corrected chi connectivity index (χ2v) is 6.99. The molecule has 2 aromatic rings. The molecule has 0 unspecified atom stereocenters. The Morgan fingerprint density at radius 1 is 1.23 bits per heavy atom. The molecule has 8 heteroatoms. The van der Waals surface area contributed by atoms with Crippen LogP contribution in [0.4, 0.5) is 4.39 Å². The van der Waals surface area contributed by atoms with Crippen LogP contribution in [0.1, 0.15) is 11.3 Å². The van der Waals surface area contributed by atoms with Crippen LogP contribution in [-0.4, -0.2) is 44.1 Å². The molecule has 0 bridgehead atoms. The molecule has 0 amide bonds. The van der Waals surface area contributed by atoms with Crippen LogP contribution < -0.4 is 10.6 Å². The van der Waals surface area contributed by atoms with Gasteiger partial charge < -0.3 is 10.6 Å². The first-order chi connectivity index (χ1) is 14.5. The van der Waals surface area contributed by atoms with Gasteiger partial charge in [0.25, 0.3) is 0 Å². The van der Waals surface area contributed by atoms with Gasteiger partial charge in [-0.3, -0.25) is 20.0 Å². The van der Waals surface area contributed by atoms with Crippen molar-refractivity contribution in [2.45, 2.75) is 6.92 Å². The number of rotatable bonds is 5. The van der Waals surface area contributed by atoms with Crippen LogP contribution in [0.2, 0.25) is 5.02 Å². The van der Waals surface area contributed by atoms with Crippen LogP contribution in [0, 0.1) is 12.7 Å². The van der Waals surface area contributed by atoms with Gasteiger partial charge in [0, 0.05) is 41.8 Å². The Morgan fingerprint density at radius 2 is 2.00 bits per heavy atom. The van der Waals surface area contributed by atoms with Gasteiger partial charge in [-0.15, -0.1) is 0 Å². The van der Waals surface area contributed by atoms with E-state index in [1.165, 1.54) is 12.1 Å². The quantitative estimate of drug-likeness (QED) is 0.712. The number of amidine groups is 2. The van der Waals surface area contributed by atoms with Crippen molar-refractivity contribution in [3.63, 3.8) is 0 Å². The zero-order valence-electron chi connectivity index (χ0n) is 17.0. The van der Waals surface area contributed by atoms with Gasteiger partial charge in [-0.1, -0.05) is 11.6 Å². The Kier molecular flexibility index (Phi) is 6.87. The summed E-state index contributed by atoms with van der Waals surface area (Å²) in [6.45, 7) is 5.81. The van der Waals surface area contributed by atoms with Gasteiger partial charge in [-0.2, -0.15) is 0 Å². The number of benzene rings is 1. The third kappa shape index (κ3) is 4.69. The zero-order valence-corrected chi connectivity index (χ0v) is 17.8. The van der Waals surface area contributed by atoms with Crippen LogP contribution >= 0.6 is 11.6 Å². The van der Waals surface area contributed by atoms with Crippen molar-refractivity contribution in [3.8, 4) is 11.1 Å². The molecule has 0 atom stereocenters. The monoisotopic (exact) mass is 424 g/mol. The molecule has 2 heterocycles. The Labute approximate surface area is 180 Å². The number of hydrogen-bond donors (Lipinski definition) is 2. The third-order valence-electron chi connectivity index (χ3n) is 4.49. The number of halogens is 2. The van der Waals surface area contributed by atoms with E-state index in [-0.39, 0.29) is 5.82 Å². The van der Waals surface area contributed by atoms with Crippen molar-refractivity contribution >= 4 is 35.6 Å². The second-order valence-electron chi connectivity index (χ2n) is 6.56. The summed E-state index contributed by atoms with van der Waals surface area (Å²) in [6, 6.07) is 6.59. The topological polar surface area (TPSA) is 74.0 Å². The van der Waals surface area contributed by atoms with E-state index in [0.717, 1.165) is 11.3 Å². The molecule has 1 aliphatic rings. The van der Waals surface area contributed by atoms with E-state index in [4.69, 9.17) is 11.6 Å². The standard InChI is InChI=1S/C22H22ClFN6/c1-13-19(9-17(23)11-28-13)14-5-15(7-18(24)6-14)20-8-16(10-25-2)21(29-12-26-3)30-22(20)27-4/h5-11,26H,2,12H2,1,3-4H3,(H,27,29,30)/b16-10-. The number of aryl methyl sites for hydroxylation is 1. The van der Waals surface area contributed by atoms with Crippen LogP contribution in [0.15, 0.2) is 63.3 Å². The van der Waals surface area contributed by atoms with Crippen LogP contribution in [0.25, 0.3) is 16.7 Å². The molecule has 0 saturated carbocycles. The Morgan fingerprint density at radius 3 is 2.70 bits per heavy atom. The lowest BCUT2D eigenvalue weighted by atomic mass is 9.94. The minimum atomic E-state index is -0.375. The molecule has 1 aromatic heterocycles. The number of pyridine rings is 1. The van der Waals surface area contributed by atoms with Gasteiger partial charge in [-0.05, 0) is 62.2 Å². The average molecular weight is 425 g/mol. The molecular formula is C22H22ClFN6. The summed E-state index contributed by atoms with van der Waals surface area (Å²) < 4.78 is 14.6. The van der Waals surface area contributed by atoms with Crippen molar-refractivity contribution in [2.24, 2.45) is 15.0 Å². The van der Waals surface area contributed by atoms with E-state index in [0.29, 0.717) is 45.6 Å². The molecule has 0 radical (unpaired) electrons. The molecule has 1 aliphatic heterocycles. The lowest BCUT2D eigenvalue weighted by Crippen LogP contribution is -2.36. The highest BCUT2D eigenvalue weighted by atomic mass is 35.5. The first-order valence-corrected chi connectivity index (χ1v) is 9.59. The molecule has 0 spiro atoms. The molecule has 0 aliphatic carbocycles. The van der Waals surface area contributed by atoms with E-state index in [1.807, 2.05) is 19.1 Å². The van der Waals surface area contributed by atoms with E-state index >= 15 is 0 Å². The van der Waals surface area contributed by atoms with Crippen molar-refractivity contribution < 1.29 is 4.39 Å². The number of hydrogen-bond acceptors (Lipinski definition) is 5. The Bertz CT molecular complexity index is 1100. The molecule has 2 N–H and O–H groups in total. The summed E-state index contributed by atoms with van der Waals surface area (Å²) in [5.41, 5.74) is 4.28. The second kappa shape index (κ2) is 9.56. The lowest BCUT2D eigenvalue weighted by Gasteiger charge is -2.22. The highest BCUT2D eigenvalue weighted by molar-refractivity contribution is 6.33. The normalized spacial score (nSPS) is 17.9. The molecule has 0 saturated heterocycles. The average Bonchev–Trinajstić information content (AvgIpc) is 2.74. The zero-order chi connectivity index (χ0) is 21.7. The highest BCUT2D eigenvalue weighted by Gasteiger charge is 2.21. The first-order valence-electron chi connectivity index (χ1n) is 9.21. The molecule has 1 aromatic carbocycles. The van der Waals surface area contributed by atoms with Crippen LogP contribution in [-0.2, 0) is 0 Å². The number of nitrogens with one attached hydrogen (secondary N) is 2. The number of aliphatic imine (C=N–C) groups is 3. The predicted molar refractivity (Wildman–Crippen MR) is 123 cm³/mol. The van der Waals surface area contributed by atoms with E-state index in [2.05, 4.69) is 37.3 Å². The first kappa shape index (κ1) is 21.5. The molecule has 3 rings (SSSR count). The summed E-state index contributed by atoms with van der Waals surface area (Å²) in [5.74, 6) is 0.802. The summed E-state index contributed by atoms with van der Waals surface area (Å²) in [6.07, 6.45) is 5.03. The van der Waals surface area contributed by atoms with Gasteiger partial charge in [0.15, 0.2) is 0 Å². The van der Waals surface area contributed by atoms with Gasteiger partial charge in [0.05, 0.1) is 11.7 Å². The molecule has 154 valence electrons.